The van der Waals surface area contributed by atoms with E-state index in [1.54, 1.807) is 0 Å². The molecular formula is C17H18O14. The number of rotatable bonds is 3. The standard InChI is InChI=1S/C17H18O14/c18-11(19)8-5-6-1-2-7(8)13(22)28-29-15(25)16-4-3-9(27-26-6)10(12(20)21)17(16,14(23)24)31-30-16/h6-10H,1-5H2,(H,18,19)(H,20,21)(H,23,24). The zero-order valence-corrected chi connectivity index (χ0v) is 15.8. The van der Waals surface area contributed by atoms with E-state index < -0.39 is 77.4 Å². The molecule has 3 N–H and O–H groups in total. The Morgan fingerprint density at radius 2 is 1.65 bits per heavy atom. The van der Waals surface area contributed by atoms with E-state index in [2.05, 4.69) is 9.78 Å². The molecule has 31 heavy (non-hydrogen) atoms. The Morgan fingerprint density at radius 3 is 2.23 bits per heavy atom. The molecule has 14 heteroatoms. The van der Waals surface area contributed by atoms with E-state index in [1.807, 2.05) is 0 Å². The van der Waals surface area contributed by atoms with Gasteiger partial charge in [-0.1, -0.05) is 0 Å². The van der Waals surface area contributed by atoms with Gasteiger partial charge < -0.3 is 15.3 Å². The van der Waals surface area contributed by atoms with Gasteiger partial charge in [0.2, 0.25) is 5.60 Å². The summed E-state index contributed by atoms with van der Waals surface area (Å²) in [7, 11) is 0. The third kappa shape index (κ3) is 2.97. The predicted octanol–water partition coefficient (Wildman–Crippen LogP) is -0.794. The zero-order valence-electron chi connectivity index (χ0n) is 15.8. The molecule has 5 saturated heterocycles. The molecule has 2 aliphatic carbocycles. The molecule has 7 rings (SSSR count). The molecule has 2 saturated carbocycles. The number of hydrogen-bond acceptors (Lipinski definition) is 11. The predicted molar refractivity (Wildman–Crippen MR) is 86.0 cm³/mol. The molecular weight excluding hydrogens is 428 g/mol. The number of carboxylic acid groups (broad SMARTS) is 3. The van der Waals surface area contributed by atoms with Gasteiger partial charge in [0.05, 0.1) is 17.9 Å². The summed E-state index contributed by atoms with van der Waals surface area (Å²) in [6, 6.07) is 0. The summed E-state index contributed by atoms with van der Waals surface area (Å²) >= 11 is 0. The fourth-order valence-electron chi connectivity index (χ4n) is 4.73. The lowest BCUT2D eigenvalue weighted by Crippen LogP contribution is -2.82. The van der Waals surface area contributed by atoms with Crippen molar-refractivity contribution in [3.63, 3.8) is 0 Å². The van der Waals surface area contributed by atoms with Crippen LogP contribution in [0.4, 0.5) is 0 Å². The second-order valence-corrected chi connectivity index (χ2v) is 7.88. The maximum atomic E-state index is 12.7. The summed E-state index contributed by atoms with van der Waals surface area (Å²) < 4.78 is 0. The van der Waals surface area contributed by atoms with Gasteiger partial charge >= 0.3 is 29.8 Å². The largest absolute Gasteiger partial charge is 0.481 e. The van der Waals surface area contributed by atoms with Gasteiger partial charge in [0.15, 0.2) is 0 Å². The molecule has 1 spiro atoms. The van der Waals surface area contributed by atoms with Gasteiger partial charge in [-0.25, -0.2) is 43.7 Å². The molecule has 0 aromatic carbocycles. The average Bonchev–Trinajstić information content (AvgIpc) is 2.70. The lowest BCUT2D eigenvalue weighted by molar-refractivity contribution is -0.553. The van der Waals surface area contributed by atoms with Crippen molar-refractivity contribution in [2.75, 3.05) is 0 Å². The van der Waals surface area contributed by atoms with Crippen LogP contribution in [0, 0.1) is 17.8 Å². The summed E-state index contributed by atoms with van der Waals surface area (Å²) in [5.74, 6) is -11.8. The molecule has 0 aromatic heterocycles. The Kier molecular flexibility index (Phi) is 5.12. The van der Waals surface area contributed by atoms with Crippen LogP contribution in [-0.4, -0.2) is 68.6 Å². The topological polar surface area (TPSA) is 201 Å². The van der Waals surface area contributed by atoms with Crippen LogP contribution in [0.2, 0.25) is 0 Å². The van der Waals surface area contributed by atoms with Crippen molar-refractivity contribution in [1.29, 1.82) is 0 Å². The minimum atomic E-state index is -2.73. The lowest BCUT2D eigenvalue weighted by Gasteiger charge is -2.56. The van der Waals surface area contributed by atoms with E-state index in [0.717, 1.165) is 0 Å². The number of aliphatic carboxylic acids is 3. The van der Waals surface area contributed by atoms with E-state index in [0.29, 0.717) is 0 Å². The molecule has 0 radical (unpaired) electrons. The van der Waals surface area contributed by atoms with Gasteiger partial charge in [0.25, 0.3) is 5.60 Å². The van der Waals surface area contributed by atoms with E-state index in [4.69, 9.17) is 19.6 Å². The van der Waals surface area contributed by atoms with Crippen LogP contribution in [0.1, 0.15) is 32.1 Å². The molecule has 7 fully saturated rings. The first kappa shape index (κ1) is 21.4. The van der Waals surface area contributed by atoms with Crippen molar-refractivity contribution in [2.24, 2.45) is 17.8 Å². The SMILES string of the molecule is O=C(O)C1CC2CCC1C(=O)OOC(=O)C13CCC(OO2)C(C(=O)O)C1(C(=O)O)OO3. The van der Waals surface area contributed by atoms with Crippen LogP contribution in [-0.2, 0) is 53.3 Å². The van der Waals surface area contributed by atoms with Crippen molar-refractivity contribution >= 4 is 29.8 Å². The summed E-state index contributed by atoms with van der Waals surface area (Å²) in [4.78, 5) is 89.8. The molecule has 7 aliphatic rings. The van der Waals surface area contributed by atoms with Gasteiger partial charge in [-0.2, -0.15) is 0 Å². The second-order valence-electron chi connectivity index (χ2n) is 7.88. The van der Waals surface area contributed by atoms with Gasteiger partial charge in [-0.15, -0.1) is 0 Å². The fourth-order valence-corrected chi connectivity index (χ4v) is 4.73. The smallest absolute Gasteiger partial charge is 0.394 e. The van der Waals surface area contributed by atoms with Crippen molar-refractivity contribution < 1.29 is 68.6 Å². The Bertz CT molecular complexity index is 839. The van der Waals surface area contributed by atoms with Crippen LogP contribution >= 0.6 is 0 Å². The molecule has 170 valence electrons. The Labute approximate surface area is 172 Å². The van der Waals surface area contributed by atoms with Crippen LogP contribution in [0.5, 0.6) is 0 Å². The number of carboxylic acids is 3. The normalized spacial score (nSPS) is 42.4. The first-order chi connectivity index (χ1) is 14.6. The van der Waals surface area contributed by atoms with E-state index in [-0.39, 0.29) is 25.7 Å². The summed E-state index contributed by atoms with van der Waals surface area (Å²) in [6.07, 6.45) is -2.79. The zero-order chi connectivity index (χ0) is 22.6. The molecule has 0 aromatic rings. The highest BCUT2D eigenvalue weighted by Gasteiger charge is 2.83. The molecule has 0 amide bonds. The minimum Gasteiger partial charge on any atom is -0.481 e. The van der Waals surface area contributed by atoms with E-state index in [9.17, 15) is 39.3 Å². The Morgan fingerprint density at radius 1 is 0.903 bits per heavy atom. The lowest BCUT2D eigenvalue weighted by atomic mass is 9.62. The van der Waals surface area contributed by atoms with Crippen LogP contribution in [0.25, 0.3) is 0 Å². The summed E-state index contributed by atoms with van der Waals surface area (Å²) in [5.41, 5.74) is -5.17. The van der Waals surface area contributed by atoms with E-state index >= 15 is 0 Å². The molecule has 7 atom stereocenters. The maximum absolute atomic E-state index is 12.7. The van der Waals surface area contributed by atoms with Crippen molar-refractivity contribution in [2.45, 2.75) is 55.5 Å². The highest BCUT2D eigenvalue weighted by molar-refractivity contribution is 5.98. The number of hydrogen-bond donors (Lipinski definition) is 3. The van der Waals surface area contributed by atoms with E-state index in [1.165, 1.54) is 0 Å². The minimum absolute atomic E-state index is 0.0121. The number of carbonyl (C=O) groups excluding carboxylic acids is 2. The number of carbonyl (C=O) groups is 5. The molecule has 14 nitrogen and oxygen atoms in total. The van der Waals surface area contributed by atoms with Crippen LogP contribution in [0.3, 0.4) is 0 Å². The monoisotopic (exact) mass is 446 g/mol. The third-order valence-corrected chi connectivity index (χ3v) is 6.36. The second kappa shape index (κ2) is 7.40. The van der Waals surface area contributed by atoms with Gasteiger partial charge in [-0.3, -0.25) is 9.59 Å². The average molecular weight is 446 g/mol. The van der Waals surface area contributed by atoms with Crippen molar-refractivity contribution in [3.05, 3.63) is 0 Å². The van der Waals surface area contributed by atoms with Gasteiger partial charge in [0.1, 0.15) is 12.0 Å². The molecule has 4 bridgehead atoms. The fraction of sp³-hybridized carbons (Fsp3) is 0.706. The Balaban J connectivity index is 1.73. The van der Waals surface area contributed by atoms with Gasteiger partial charge in [0, 0.05) is 0 Å². The highest BCUT2D eigenvalue weighted by atomic mass is 17.3. The quantitative estimate of drug-likeness (QED) is 0.455. The van der Waals surface area contributed by atoms with Crippen LogP contribution in [0.15, 0.2) is 0 Å². The first-order valence-corrected chi connectivity index (χ1v) is 9.45. The first-order valence-electron chi connectivity index (χ1n) is 9.45. The molecule has 5 aliphatic heterocycles. The summed E-state index contributed by atoms with van der Waals surface area (Å²) in [6.45, 7) is 0. The van der Waals surface area contributed by atoms with Crippen molar-refractivity contribution in [3.8, 4) is 0 Å². The molecule has 7 unspecified atom stereocenters. The highest BCUT2D eigenvalue weighted by Crippen LogP contribution is 2.55. The summed E-state index contributed by atoms with van der Waals surface area (Å²) in [5, 5.41) is 29.0. The van der Waals surface area contributed by atoms with Gasteiger partial charge in [-0.05, 0) is 32.1 Å². The Hall–Kier alpha value is -2.81. The maximum Gasteiger partial charge on any atom is 0.394 e. The van der Waals surface area contributed by atoms with Crippen molar-refractivity contribution in [1.82, 2.24) is 0 Å². The van der Waals surface area contributed by atoms with Crippen LogP contribution < -0.4 is 0 Å². The third-order valence-electron chi connectivity index (χ3n) is 6.36. The molecule has 5 heterocycles.